The molecule has 0 saturated heterocycles. The fraction of sp³-hybridized carbons (Fsp3) is 0.600. The molecule has 21 heavy (non-hydrogen) atoms. The molecule has 1 unspecified atom stereocenters. The van der Waals surface area contributed by atoms with Crippen LogP contribution in [-0.4, -0.2) is 24.5 Å². The Labute approximate surface area is 137 Å². The normalized spacial score (nSPS) is 13.4. The van der Waals surface area contributed by atoms with Gasteiger partial charge in [-0.25, -0.2) is 0 Å². The molecular weight excluding hydrogens is 363 g/mol. The molecule has 1 aromatic carbocycles. The molecule has 1 rings (SSSR count). The van der Waals surface area contributed by atoms with Crippen LogP contribution in [0.5, 0.6) is 0 Å². The highest BCUT2D eigenvalue weighted by atomic mass is 79.9. The van der Waals surface area contributed by atoms with Crippen LogP contribution in [0, 0.1) is 0 Å². The molecule has 0 bridgehead atoms. The quantitative estimate of drug-likeness (QED) is 0.553. The minimum Gasteiger partial charge on any atom is -0.313 e. The number of hydrogen-bond donors (Lipinski definition) is 1. The second-order valence-corrected chi connectivity index (χ2v) is 6.93. The zero-order valence-corrected chi connectivity index (χ0v) is 14.5. The monoisotopic (exact) mass is 383 g/mol. The Balaban J connectivity index is 2.39. The number of alkyl halides is 3. The molecule has 0 amide bonds. The van der Waals surface area contributed by atoms with E-state index in [0.717, 1.165) is 28.1 Å². The van der Waals surface area contributed by atoms with Gasteiger partial charge < -0.3 is 5.32 Å². The summed E-state index contributed by atoms with van der Waals surface area (Å²) in [6, 6.07) is 8.10. The molecular formula is C15H21BrF3NS. The Hall–Kier alpha value is -0.200. The van der Waals surface area contributed by atoms with Gasteiger partial charge in [0.1, 0.15) is 0 Å². The maximum Gasteiger partial charge on any atom is 0.389 e. The smallest absolute Gasteiger partial charge is 0.313 e. The van der Waals surface area contributed by atoms with Gasteiger partial charge in [-0.3, -0.25) is 0 Å². The van der Waals surface area contributed by atoms with Gasteiger partial charge >= 0.3 is 6.18 Å². The van der Waals surface area contributed by atoms with Crippen molar-refractivity contribution < 1.29 is 13.2 Å². The molecule has 1 atom stereocenters. The molecule has 1 aromatic rings. The minimum absolute atomic E-state index is 0.126. The second kappa shape index (κ2) is 9.74. The first-order chi connectivity index (χ1) is 9.90. The van der Waals surface area contributed by atoms with E-state index in [1.165, 1.54) is 0 Å². The maximum absolute atomic E-state index is 12.2. The molecule has 1 N–H and O–H groups in total. The summed E-state index contributed by atoms with van der Waals surface area (Å²) < 4.78 is 37.7. The van der Waals surface area contributed by atoms with Crippen molar-refractivity contribution in [1.29, 1.82) is 0 Å². The first kappa shape index (κ1) is 18.8. The van der Waals surface area contributed by atoms with Crippen molar-refractivity contribution in [3.05, 3.63) is 28.7 Å². The second-order valence-electron chi connectivity index (χ2n) is 4.92. The number of nitrogens with one attached hydrogen (secondary N) is 1. The van der Waals surface area contributed by atoms with Gasteiger partial charge in [0.2, 0.25) is 0 Å². The van der Waals surface area contributed by atoms with Crippen LogP contribution >= 0.6 is 27.7 Å². The van der Waals surface area contributed by atoms with Gasteiger partial charge in [-0.2, -0.15) is 13.2 Å². The number of hydrogen-bond acceptors (Lipinski definition) is 2. The zero-order valence-electron chi connectivity index (χ0n) is 12.0. The largest absolute Gasteiger partial charge is 0.389 e. The van der Waals surface area contributed by atoms with Crippen LogP contribution in [0.3, 0.4) is 0 Å². The van der Waals surface area contributed by atoms with Crippen LogP contribution in [-0.2, 0) is 0 Å². The third-order valence-corrected chi connectivity index (χ3v) is 4.66. The number of halogens is 4. The van der Waals surface area contributed by atoms with Crippen LogP contribution in [0.25, 0.3) is 0 Å². The summed E-state index contributed by atoms with van der Waals surface area (Å²) in [5.74, 6) is 0.791. The Kier molecular flexibility index (Phi) is 8.74. The van der Waals surface area contributed by atoms with Crippen LogP contribution in [0.1, 0.15) is 32.6 Å². The molecule has 0 aliphatic heterocycles. The molecule has 0 fully saturated rings. The Morgan fingerprint density at radius 2 is 1.90 bits per heavy atom. The first-order valence-corrected chi connectivity index (χ1v) is 8.87. The van der Waals surface area contributed by atoms with Gasteiger partial charge in [0.05, 0.1) is 0 Å². The Morgan fingerprint density at radius 1 is 1.24 bits per heavy atom. The van der Waals surface area contributed by atoms with E-state index in [9.17, 15) is 13.2 Å². The molecule has 0 aromatic heterocycles. The third kappa shape index (κ3) is 9.42. The molecule has 120 valence electrons. The molecule has 1 nitrogen and oxygen atoms in total. The lowest BCUT2D eigenvalue weighted by Crippen LogP contribution is -2.32. The van der Waals surface area contributed by atoms with E-state index in [4.69, 9.17) is 0 Å². The lowest BCUT2D eigenvalue weighted by molar-refractivity contribution is -0.135. The highest BCUT2D eigenvalue weighted by Gasteiger charge is 2.26. The number of thioether (sulfide) groups is 1. The molecule has 0 heterocycles. The predicted octanol–water partition coefficient (Wildman–Crippen LogP) is 5.64. The summed E-state index contributed by atoms with van der Waals surface area (Å²) in [6.07, 6.45) is -3.01. The van der Waals surface area contributed by atoms with Crippen molar-refractivity contribution in [2.45, 2.75) is 49.7 Å². The van der Waals surface area contributed by atoms with Crippen molar-refractivity contribution in [2.75, 3.05) is 12.3 Å². The molecule has 0 aliphatic rings. The van der Waals surface area contributed by atoms with E-state index < -0.39 is 12.6 Å². The van der Waals surface area contributed by atoms with Gasteiger partial charge in [0.15, 0.2) is 0 Å². The van der Waals surface area contributed by atoms with Crippen molar-refractivity contribution >= 4 is 27.7 Å². The maximum atomic E-state index is 12.2. The number of rotatable bonds is 9. The number of benzene rings is 1. The van der Waals surface area contributed by atoms with E-state index in [1.807, 2.05) is 24.3 Å². The molecule has 0 radical (unpaired) electrons. The van der Waals surface area contributed by atoms with Gasteiger partial charge in [-0.15, -0.1) is 11.8 Å². The SMILES string of the molecule is CCCNC(CCCC(F)(F)F)CSc1ccc(Br)cc1. The molecule has 0 spiro atoms. The summed E-state index contributed by atoms with van der Waals surface area (Å²) in [6.45, 7) is 2.90. The lowest BCUT2D eigenvalue weighted by Gasteiger charge is -2.18. The molecule has 0 aliphatic carbocycles. The summed E-state index contributed by atoms with van der Waals surface area (Å²) in [4.78, 5) is 1.14. The van der Waals surface area contributed by atoms with Gasteiger partial charge in [0, 0.05) is 27.6 Å². The fourth-order valence-electron chi connectivity index (χ4n) is 1.87. The fourth-order valence-corrected chi connectivity index (χ4v) is 3.14. The zero-order chi connectivity index (χ0) is 15.7. The van der Waals surface area contributed by atoms with Gasteiger partial charge in [0.25, 0.3) is 0 Å². The Morgan fingerprint density at radius 3 is 2.48 bits per heavy atom. The average Bonchev–Trinajstić information content (AvgIpc) is 2.41. The summed E-state index contributed by atoms with van der Waals surface area (Å²) in [5, 5.41) is 3.34. The molecule has 0 saturated carbocycles. The lowest BCUT2D eigenvalue weighted by atomic mass is 10.1. The summed E-state index contributed by atoms with van der Waals surface area (Å²) >= 11 is 5.07. The van der Waals surface area contributed by atoms with E-state index >= 15 is 0 Å². The predicted molar refractivity (Wildman–Crippen MR) is 86.9 cm³/mol. The molecule has 6 heteroatoms. The van der Waals surface area contributed by atoms with E-state index in [-0.39, 0.29) is 12.5 Å². The van der Waals surface area contributed by atoms with Crippen molar-refractivity contribution in [2.24, 2.45) is 0 Å². The van der Waals surface area contributed by atoms with Crippen molar-refractivity contribution in [3.63, 3.8) is 0 Å². The van der Waals surface area contributed by atoms with E-state index in [1.54, 1.807) is 11.8 Å². The van der Waals surface area contributed by atoms with Crippen LogP contribution in [0.2, 0.25) is 0 Å². The highest BCUT2D eigenvalue weighted by molar-refractivity contribution is 9.10. The van der Waals surface area contributed by atoms with Crippen molar-refractivity contribution in [1.82, 2.24) is 5.32 Å². The van der Waals surface area contributed by atoms with E-state index in [0.29, 0.717) is 6.42 Å². The van der Waals surface area contributed by atoms with Gasteiger partial charge in [-0.05, 0) is 50.1 Å². The first-order valence-electron chi connectivity index (χ1n) is 7.09. The van der Waals surface area contributed by atoms with Crippen LogP contribution in [0.4, 0.5) is 13.2 Å². The van der Waals surface area contributed by atoms with Crippen molar-refractivity contribution in [3.8, 4) is 0 Å². The topological polar surface area (TPSA) is 12.0 Å². The average molecular weight is 384 g/mol. The Bertz CT molecular complexity index is 395. The van der Waals surface area contributed by atoms with Crippen LogP contribution in [0.15, 0.2) is 33.6 Å². The minimum atomic E-state index is -4.05. The summed E-state index contributed by atoms with van der Waals surface area (Å²) in [7, 11) is 0. The van der Waals surface area contributed by atoms with Crippen LogP contribution < -0.4 is 5.32 Å². The summed E-state index contributed by atoms with van der Waals surface area (Å²) in [5.41, 5.74) is 0. The van der Waals surface area contributed by atoms with E-state index in [2.05, 4.69) is 28.2 Å². The van der Waals surface area contributed by atoms with Gasteiger partial charge in [-0.1, -0.05) is 22.9 Å². The highest BCUT2D eigenvalue weighted by Crippen LogP contribution is 2.25. The standard InChI is InChI=1S/C15H21BrF3NS/c1-2-10-20-13(4-3-9-15(17,18)19)11-21-14-7-5-12(16)6-8-14/h5-8,13,20H,2-4,9-11H2,1H3. The third-order valence-electron chi connectivity index (χ3n) is 2.96.